The number of anilines is 1. The van der Waals surface area contributed by atoms with Gasteiger partial charge in [-0.15, -0.1) is 0 Å². The third-order valence-corrected chi connectivity index (χ3v) is 7.55. The van der Waals surface area contributed by atoms with Crippen molar-refractivity contribution in [2.45, 2.75) is 64.8 Å². The molecule has 1 aliphatic carbocycles. The maximum absolute atomic E-state index is 13.0. The molecule has 2 N–H and O–H groups in total. The Hall–Kier alpha value is -2.75. The second-order valence-electron chi connectivity index (χ2n) is 9.11. The van der Waals surface area contributed by atoms with Crippen molar-refractivity contribution in [3.63, 3.8) is 0 Å². The number of aromatic nitrogens is 3. The normalized spacial score (nSPS) is 18.6. The lowest BCUT2D eigenvalue weighted by Gasteiger charge is -2.31. The van der Waals surface area contributed by atoms with Crippen LogP contribution in [0.2, 0.25) is 0 Å². The summed E-state index contributed by atoms with van der Waals surface area (Å²) < 4.78 is 1.78. The van der Waals surface area contributed by atoms with Gasteiger partial charge in [0.2, 0.25) is 11.8 Å². The average Bonchev–Trinajstić information content (AvgIpc) is 3.30. The van der Waals surface area contributed by atoms with Crippen LogP contribution in [0.4, 0.5) is 5.13 Å². The summed E-state index contributed by atoms with van der Waals surface area (Å²) in [5.41, 5.74) is 1.54. The zero-order valence-corrected chi connectivity index (χ0v) is 20.7. The molecule has 0 spiro atoms. The van der Waals surface area contributed by atoms with E-state index in [-0.39, 0.29) is 29.8 Å². The van der Waals surface area contributed by atoms with E-state index in [0.717, 1.165) is 45.1 Å². The van der Waals surface area contributed by atoms with Crippen molar-refractivity contribution >= 4 is 38.6 Å². The van der Waals surface area contributed by atoms with E-state index in [2.05, 4.69) is 31.6 Å². The Morgan fingerprint density at radius 2 is 2.09 bits per heavy atom. The van der Waals surface area contributed by atoms with Crippen molar-refractivity contribution in [2.75, 3.05) is 31.1 Å². The monoisotopic (exact) mass is 486 g/mol. The molecule has 34 heavy (non-hydrogen) atoms. The summed E-state index contributed by atoms with van der Waals surface area (Å²) >= 11 is 1.29. The Kier molecular flexibility index (Phi) is 8.31. The molecule has 1 atom stereocenters. The molecule has 0 unspecified atom stereocenters. The van der Waals surface area contributed by atoms with E-state index in [9.17, 15) is 14.4 Å². The van der Waals surface area contributed by atoms with Gasteiger partial charge in [0.15, 0.2) is 10.8 Å². The summed E-state index contributed by atoms with van der Waals surface area (Å²) in [6, 6.07) is 0. The Bertz CT molecular complexity index is 1110. The summed E-state index contributed by atoms with van der Waals surface area (Å²) in [6.07, 6.45) is 11.9. The van der Waals surface area contributed by atoms with Gasteiger partial charge in [-0.05, 0) is 51.4 Å². The molecular weight excluding hydrogens is 452 g/mol. The molecule has 0 bridgehead atoms. The number of fused-ring (bicyclic) bond motifs is 1. The van der Waals surface area contributed by atoms with Gasteiger partial charge in [0.1, 0.15) is 17.6 Å². The van der Waals surface area contributed by atoms with Gasteiger partial charge in [-0.1, -0.05) is 29.9 Å². The van der Waals surface area contributed by atoms with Gasteiger partial charge in [0.25, 0.3) is 5.56 Å². The van der Waals surface area contributed by atoms with E-state index >= 15 is 0 Å². The molecule has 1 fully saturated rings. The van der Waals surface area contributed by atoms with Gasteiger partial charge in [0.05, 0.1) is 5.92 Å². The highest BCUT2D eigenvalue weighted by Crippen LogP contribution is 2.29. The van der Waals surface area contributed by atoms with Crippen molar-refractivity contribution in [2.24, 2.45) is 5.92 Å². The van der Waals surface area contributed by atoms with Gasteiger partial charge in [-0.25, -0.2) is 4.98 Å². The minimum Gasteiger partial charge on any atom is -0.356 e. The molecule has 2 aromatic heterocycles. The quantitative estimate of drug-likeness (QED) is 0.528. The Balaban J connectivity index is 1.38. The first-order valence-corrected chi connectivity index (χ1v) is 13.2. The summed E-state index contributed by atoms with van der Waals surface area (Å²) in [7, 11) is 0. The first-order chi connectivity index (χ1) is 16.5. The van der Waals surface area contributed by atoms with Crippen molar-refractivity contribution in [3.05, 3.63) is 28.3 Å². The highest BCUT2D eigenvalue weighted by Gasteiger charge is 2.27. The SMILES string of the molecule is CCCNC(=O)[C@H]1CCCN(c2nc3ncn(CC(=O)NCCC4=CCCCC4)c(=O)c3s2)C1. The van der Waals surface area contributed by atoms with E-state index in [1.54, 1.807) is 0 Å². The molecule has 1 saturated heterocycles. The number of carbonyl (C=O) groups excluding carboxylic acids is 2. The number of hydrogen-bond donors (Lipinski definition) is 2. The molecule has 0 radical (unpaired) electrons. The van der Waals surface area contributed by atoms with Crippen molar-refractivity contribution in [1.29, 1.82) is 0 Å². The van der Waals surface area contributed by atoms with Crippen LogP contribution in [0.5, 0.6) is 0 Å². The second kappa shape index (κ2) is 11.6. The first kappa shape index (κ1) is 24.4. The topological polar surface area (TPSA) is 109 Å². The molecule has 184 valence electrons. The molecular formula is C24H34N6O3S. The largest absolute Gasteiger partial charge is 0.356 e. The van der Waals surface area contributed by atoms with E-state index in [4.69, 9.17) is 0 Å². The Labute approximate surface area is 203 Å². The molecule has 2 amide bonds. The zero-order chi connectivity index (χ0) is 23.9. The number of nitrogens with one attached hydrogen (secondary N) is 2. The molecule has 2 aliphatic rings. The van der Waals surface area contributed by atoms with E-state index in [1.807, 2.05) is 6.92 Å². The number of rotatable bonds is 9. The number of nitrogens with zero attached hydrogens (tertiary/aromatic N) is 4. The van der Waals surface area contributed by atoms with Gasteiger partial charge in [0, 0.05) is 26.2 Å². The van der Waals surface area contributed by atoms with Crippen LogP contribution in [0.3, 0.4) is 0 Å². The predicted octanol–water partition coefficient (Wildman–Crippen LogP) is 2.60. The van der Waals surface area contributed by atoms with Crippen LogP contribution in [-0.2, 0) is 16.1 Å². The number of amides is 2. The lowest BCUT2D eigenvalue weighted by Crippen LogP contribution is -2.43. The molecule has 0 saturated carbocycles. The summed E-state index contributed by atoms with van der Waals surface area (Å²) in [5.74, 6) is -0.190. The first-order valence-electron chi connectivity index (χ1n) is 12.4. The van der Waals surface area contributed by atoms with E-state index in [1.165, 1.54) is 40.6 Å². The summed E-state index contributed by atoms with van der Waals surface area (Å²) in [5, 5.41) is 6.60. The molecule has 1 aliphatic heterocycles. The maximum Gasteiger partial charge on any atom is 0.273 e. The summed E-state index contributed by atoms with van der Waals surface area (Å²) in [6.45, 7) is 4.63. The van der Waals surface area contributed by atoms with Crippen LogP contribution in [-0.4, -0.2) is 52.5 Å². The maximum atomic E-state index is 13.0. The standard InChI is InChI=1S/C24H34N6O3S/c1-2-11-26-22(32)18-9-6-13-29(14-18)24-28-21-20(34-24)23(33)30(16-27-21)15-19(31)25-12-10-17-7-4-3-5-8-17/h7,16,18H,2-6,8-15H2,1H3,(H,25,31)(H,26,32)/t18-/m0/s1. The Morgan fingerprint density at radius 3 is 2.88 bits per heavy atom. The Morgan fingerprint density at radius 1 is 1.21 bits per heavy atom. The van der Waals surface area contributed by atoms with Gasteiger partial charge < -0.3 is 15.5 Å². The molecule has 2 aromatic rings. The number of allylic oxidation sites excluding steroid dienone is 1. The third kappa shape index (κ3) is 6.02. The number of hydrogen-bond acceptors (Lipinski definition) is 7. The van der Waals surface area contributed by atoms with Crippen molar-refractivity contribution in [3.8, 4) is 0 Å². The predicted molar refractivity (Wildman–Crippen MR) is 134 cm³/mol. The molecule has 3 heterocycles. The highest BCUT2D eigenvalue weighted by atomic mass is 32.1. The highest BCUT2D eigenvalue weighted by molar-refractivity contribution is 7.22. The number of carbonyl (C=O) groups is 2. The number of piperidine rings is 1. The fraction of sp³-hybridized carbons (Fsp3) is 0.625. The number of thiazole rings is 1. The molecule has 9 nitrogen and oxygen atoms in total. The molecule has 0 aromatic carbocycles. The minimum absolute atomic E-state index is 0.0581. The lowest BCUT2D eigenvalue weighted by molar-refractivity contribution is -0.125. The van der Waals surface area contributed by atoms with Crippen LogP contribution >= 0.6 is 11.3 Å². The fourth-order valence-electron chi connectivity index (χ4n) is 4.55. The van der Waals surface area contributed by atoms with Gasteiger partial charge in [-0.3, -0.25) is 19.0 Å². The molecule has 4 rings (SSSR count). The van der Waals surface area contributed by atoms with Crippen molar-refractivity contribution in [1.82, 2.24) is 25.2 Å². The fourth-order valence-corrected chi connectivity index (χ4v) is 5.55. The lowest BCUT2D eigenvalue weighted by atomic mass is 9.97. The van der Waals surface area contributed by atoms with Gasteiger partial charge >= 0.3 is 0 Å². The third-order valence-electron chi connectivity index (χ3n) is 6.45. The van der Waals surface area contributed by atoms with Crippen LogP contribution in [0, 0.1) is 5.92 Å². The van der Waals surface area contributed by atoms with Crippen molar-refractivity contribution < 1.29 is 9.59 Å². The minimum atomic E-state index is -0.256. The van der Waals surface area contributed by atoms with Gasteiger partial charge in [-0.2, -0.15) is 4.98 Å². The van der Waals surface area contributed by atoms with Crippen LogP contribution in [0.25, 0.3) is 10.3 Å². The van der Waals surface area contributed by atoms with E-state index < -0.39 is 0 Å². The average molecular weight is 487 g/mol. The summed E-state index contributed by atoms with van der Waals surface area (Å²) in [4.78, 5) is 48.8. The second-order valence-corrected chi connectivity index (χ2v) is 10.1. The smallest absolute Gasteiger partial charge is 0.273 e. The molecule has 10 heteroatoms. The van der Waals surface area contributed by atoms with Crippen LogP contribution in [0.15, 0.2) is 22.8 Å². The van der Waals surface area contributed by atoms with Crippen LogP contribution in [0.1, 0.15) is 58.3 Å². The van der Waals surface area contributed by atoms with E-state index in [0.29, 0.717) is 35.1 Å². The van der Waals surface area contributed by atoms with Crippen LogP contribution < -0.4 is 21.1 Å². The zero-order valence-electron chi connectivity index (χ0n) is 19.8.